The van der Waals surface area contributed by atoms with Crippen LogP contribution in [0, 0.1) is 13.8 Å². The summed E-state index contributed by atoms with van der Waals surface area (Å²) in [6.07, 6.45) is 0. The van der Waals surface area contributed by atoms with Gasteiger partial charge in [-0.15, -0.1) is 11.3 Å². The number of carbonyl (C=O) groups excluding carboxylic acids is 1. The molecule has 0 saturated heterocycles. The summed E-state index contributed by atoms with van der Waals surface area (Å²) in [7, 11) is 0. The highest BCUT2D eigenvalue weighted by Gasteiger charge is 2.10. The molecule has 0 bridgehead atoms. The van der Waals surface area contributed by atoms with E-state index in [1.807, 2.05) is 25.1 Å². The normalized spacial score (nSPS) is 11.0. The minimum Gasteiger partial charge on any atom is -0.334 e. The third-order valence-corrected chi connectivity index (χ3v) is 4.61. The van der Waals surface area contributed by atoms with Crippen LogP contribution in [-0.2, 0) is 0 Å². The van der Waals surface area contributed by atoms with Crippen molar-refractivity contribution in [3.05, 3.63) is 58.9 Å². The molecule has 124 valence electrons. The Balaban J connectivity index is 1.53. The topological polar surface area (TPSA) is 80.9 Å². The van der Waals surface area contributed by atoms with Crippen molar-refractivity contribution in [1.82, 2.24) is 15.1 Å². The van der Waals surface area contributed by atoms with Gasteiger partial charge in [0.15, 0.2) is 5.82 Å². The minimum atomic E-state index is -0.172. The van der Waals surface area contributed by atoms with Crippen molar-refractivity contribution in [2.45, 2.75) is 13.8 Å². The van der Waals surface area contributed by atoms with Crippen molar-refractivity contribution in [3.63, 3.8) is 0 Å². The average Bonchev–Trinajstić information content (AvgIpc) is 3.19. The molecule has 0 fully saturated rings. The molecule has 0 spiro atoms. The van der Waals surface area contributed by atoms with Crippen molar-refractivity contribution < 1.29 is 9.32 Å². The van der Waals surface area contributed by atoms with Gasteiger partial charge >= 0.3 is 0 Å². The number of hydrogen-bond acceptors (Lipinski definition) is 6. The zero-order chi connectivity index (χ0) is 17.4. The van der Waals surface area contributed by atoms with E-state index in [2.05, 4.69) is 20.4 Å². The van der Waals surface area contributed by atoms with E-state index in [1.54, 1.807) is 42.5 Å². The Morgan fingerprint density at radius 1 is 1.08 bits per heavy atom. The Labute approximate surface area is 147 Å². The predicted octanol–water partition coefficient (Wildman–Crippen LogP) is 4.22. The highest BCUT2D eigenvalue weighted by Crippen LogP contribution is 2.25. The SMILES string of the molecule is Cc1noc(-c2ccc(C(=O)Nc3ccc4nc(C)sc4c3)cc2)n1. The Hall–Kier alpha value is -3.06. The average molecular weight is 350 g/mol. The zero-order valence-corrected chi connectivity index (χ0v) is 14.4. The molecule has 25 heavy (non-hydrogen) atoms. The van der Waals surface area contributed by atoms with Gasteiger partial charge < -0.3 is 9.84 Å². The van der Waals surface area contributed by atoms with Crippen LogP contribution in [0.5, 0.6) is 0 Å². The lowest BCUT2D eigenvalue weighted by atomic mass is 10.1. The molecule has 0 atom stereocenters. The number of amides is 1. The summed E-state index contributed by atoms with van der Waals surface area (Å²) in [6.45, 7) is 3.73. The lowest BCUT2D eigenvalue weighted by molar-refractivity contribution is 0.102. The van der Waals surface area contributed by atoms with Crippen molar-refractivity contribution in [2.24, 2.45) is 0 Å². The Morgan fingerprint density at radius 2 is 1.88 bits per heavy atom. The van der Waals surface area contributed by atoms with Gasteiger partial charge in [0.05, 0.1) is 15.2 Å². The predicted molar refractivity (Wildman–Crippen MR) is 96.8 cm³/mol. The molecule has 0 aliphatic heterocycles. The number of fused-ring (bicyclic) bond motifs is 1. The molecule has 0 aliphatic carbocycles. The van der Waals surface area contributed by atoms with Crippen LogP contribution >= 0.6 is 11.3 Å². The molecule has 0 unspecified atom stereocenters. The molecule has 0 saturated carbocycles. The molecule has 0 radical (unpaired) electrons. The van der Waals surface area contributed by atoms with E-state index in [-0.39, 0.29) is 5.91 Å². The van der Waals surface area contributed by atoms with Crippen LogP contribution in [0.15, 0.2) is 47.0 Å². The van der Waals surface area contributed by atoms with Crippen molar-refractivity contribution in [3.8, 4) is 11.5 Å². The van der Waals surface area contributed by atoms with Gasteiger partial charge in [0.1, 0.15) is 0 Å². The number of rotatable bonds is 3. The second-order valence-electron chi connectivity index (χ2n) is 5.59. The highest BCUT2D eigenvalue weighted by atomic mass is 32.1. The molecule has 4 rings (SSSR count). The Bertz CT molecular complexity index is 1070. The summed E-state index contributed by atoms with van der Waals surface area (Å²) in [4.78, 5) is 21.0. The number of hydrogen-bond donors (Lipinski definition) is 1. The van der Waals surface area contributed by atoms with Gasteiger partial charge in [-0.2, -0.15) is 4.98 Å². The van der Waals surface area contributed by atoms with E-state index in [9.17, 15) is 4.79 Å². The van der Waals surface area contributed by atoms with Crippen LogP contribution < -0.4 is 5.32 Å². The molecular formula is C18H14N4O2S. The third kappa shape index (κ3) is 3.14. The van der Waals surface area contributed by atoms with E-state index in [0.717, 1.165) is 26.5 Å². The number of nitrogens with one attached hydrogen (secondary N) is 1. The molecule has 6 nitrogen and oxygen atoms in total. The molecule has 2 aromatic heterocycles. The first-order valence-corrected chi connectivity index (χ1v) is 8.49. The molecule has 4 aromatic rings. The van der Waals surface area contributed by atoms with Crippen LogP contribution in [0.4, 0.5) is 5.69 Å². The van der Waals surface area contributed by atoms with E-state index >= 15 is 0 Å². The zero-order valence-electron chi connectivity index (χ0n) is 13.6. The molecule has 2 heterocycles. The molecule has 7 heteroatoms. The summed E-state index contributed by atoms with van der Waals surface area (Å²) in [6, 6.07) is 12.8. The summed E-state index contributed by atoms with van der Waals surface area (Å²) in [5.41, 5.74) is 3.02. The van der Waals surface area contributed by atoms with Gasteiger partial charge in [0.25, 0.3) is 11.8 Å². The van der Waals surface area contributed by atoms with Gasteiger partial charge in [0, 0.05) is 16.8 Å². The van der Waals surface area contributed by atoms with E-state index in [4.69, 9.17) is 4.52 Å². The maximum atomic E-state index is 12.4. The van der Waals surface area contributed by atoms with Gasteiger partial charge in [-0.05, 0) is 56.3 Å². The monoisotopic (exact) mass is 350 g/mol. The van der Waals surface area contributed by atoms with Gasteiger partial charge in [-0.3, -0.25) is 4.79 Å². The Kier molecular flexibility index (Phi) is 3.77. The fraction of sp³-hybridized carbons (Fsp3) is 0.111. The van der Waals surface area contributed by atoms with Crippen LogP contribution in [0.1, 0.15) is 21.2 Å². The lowest BCUT2D eigenvalue weighted by Crippen LogP contribution is -2.11. The third-order valence-electron chi connectivity index (χ3n) is 3.67. The highest BCUT2D eigenvalue weighted by molar-refractivity contribution is 7.18. The smallest absolute Gasteiger partial charge is 0.257 e. The fourth-order valence-corrected chi connectivity index (χ4v) is 3.37. The molecule has 0 aliphatic rings. The first-order valence-electron chi connectivity index (χ1n) is 7.68. The van der Waals surface area contributed by atoms with E-state index in [1.165, 1.54) is 0 Å². The summed E-state index contributed by atoms with van der Waals surface area (Å²) >= 11 is 1.61. The minimum absolute atomic E-state index is 0.172. The number of thiazole rings is 1. The standard InChI is InChI=1S/C18H14N4O2S/c1-10-19-18(24-22-10)13-5-3-12(4-6-13)17(23)21-14-7-8-15-16(9-14)25-11(2)20-15/h3-9H,1-2H3,(H,21,23). The van der Waals surface area contributed by atoms with Crippen molar-refractivity contribution in [1.29, 1.82) is 0 Å². The summed E-state index contributed by atoms with van der Waals surface area (Å²) < 4.78 is 6.18. The maximum absolute atomic E-state index is 12.4. The number of nitrogens with zero attached hydrogens (tertiary/aromatic N) is 3. The number of aromatic nitrogens is 3. The molecular weight excluding hydrogens is 336 g/mol. The maximum Gasteiger partial charge on any atom is 0.257 e. The number of benzene rings is 2. The second kappa shape index (κ2) is 6.10. The lowest BCUT2D eigenvalue weighted by Gasteiger charge is -2.05. The molecule has 2 aromatic carbocycles. The van der Waals surface area contributed by atoms with Crippen LogP contribution in [0.2, 0.25) is 0 Å². The van der Waals surface area contributed by atoms with Crippen LogP contribution in [0.25, 0.3) is 21.7 Å². The van der Waals surface area contributed by atoms with Gasteiger partial charge in [0.2, 0.25) is 0 Å². The van der Waals surface area contributed by atoms with Gasteiger partial charge in [-0.25, -0.2) is 4.98 Å². The molecule has 1 amide bonds. The molecule has 1 N–H and O–H groups in total. The fourth-order valence-electron chi connectivity index (χ4n) is 2.50. The van der Waals surface area contributed by atoms with Crippen molar-refractivity contribution in [2.75, 3.05) is 5.32 Å². The van der Waals surface area contributed by atoms with Crippen LogP contribution in [-0.4, -0.2) is 21.0 Å². The summed E-state index contributed by atoms with van der Waals surface area (Å²) in [5, 5.41) is 7.68. The Morgan fingerprint density at radius 3 is 2.60 bits per heavy atom. The largest absolute Gasteiger partial charge is 0.334 e. The number of anilines is 1. The van der Waals surface area contributed by atoms with Crippen molar-refractivity contribution >= 4 is 33.1 Å². The first kappa shape index (κ1) is 15.5. The quantitative estimate of drug-likeness (QED) is 0.598. The van der Waals surface area contributed by atoms with E-state index in [0.29, 0.717) is 17.3 Å². The number of aryl methyl sites for hydroxylation is 2. The second-order valence-corrected chi connectivity index (χ2v) is 6.83. The first-order chi connectivity index (χ1) is 12.1. The number of carbonyl (C=O) groups is 1. The van der Waals surface area contributed by atoms with Gasteiger partial charge in [-0.1, -0.05) is 5.16 Å². The summed E-state index contributed by atoms with van der Waals surface area (Å²) in [5.74, 6) is 0.842. The van der Waals surface area contributed by atoms with E-state index < -0.39 is 0 Å². The van der Waals surface area contributed by atoms with Crippen LogP contribution in [0.3, 0.4) is 0 Å².